The molecule has 6 nitrogen and oxygen atoms in total. The number of nitrogens with zero attached hydrogens (tertiary/aromatic N) is 2. The van der Waals surface area contributed by atoms with Crippen LogP contribution in [0.25, 0.3) is 0 Å². The van der Waals surface area contributed by atoms with Gasteiger partial charge in [0, 0.05) is 45.8 Å². The van der Waals surface area contributed by atoms with Gasteiger partial charge in [-0.1, -0.05) is 36.4 Å². The zero-order chi connectivity index (χ0) is 22.1. The van der Waals surface area contributed by atoms with E-state index in [2.05, 4.69) is 58.7 Å². The predicted molar refractivity (Wildman–Crippen MR) is 125 cm³/mol. The SMILES string of the molecule is CN=C(NCC1(c2ccccc2)CCOCC1)N(C)CCc1ccc(OC)c(OC)c1. The first-order valence-corrected chi connectivity index (χ1v) is 10.9. The summed E-state index contributed by atoms with van der Waals surface area (Å²) in [5, 5.41) is 3.63. The molecular weight excluding hydrogens is 390 g/mol. The Morgan fingerprint density at radius 1 is 1.06 bits per heavy atom. The summed E-state index contributed by atoms with van der Waals surface area (Å²) in [5.41, 5.74) is 2.64. The van der Waals surface area contributed by atoms with Crippen LogP contribution in [0.1, 0.15) is 24.0 Å². The van der Waals surface area contributed by atoms with Gasteiger partial charge in [0.2, 0.25) is 0 Å². The van der Waals surface area contributed by atoms with Gasteiger partial charge in [0.15, 0.2) is 17.5 Å². The van der Waals surface area contributed by atoms with Gasteiger partial charge in [-0.05, 0) is 42.5 Å². The second kappa shape index (κ2) is 11.0. The molecule has 0 atom stereocenters. The number of methoxy groups -OCH3 is 2. The molecule has 0 aliphatic carbocycles. The molecule has 1 aliphatic heterocycles. The number of aliphatic imine (C=N–C) groups is 1. The number of hydrogen-bond donors (Lipinski definition) is 1. The van der Waals surface area contributed by atoms with Gasteiger partial charge >= 0.3 is 0 Å². The van der Waals surface area contributed by atoms with Crippen LogP contribution < -0.4 is 14.8 Å². The molecule has 0 spiro atoms. The molecule has 2 aromatic rings. The molecule has 1 fully saturated rings. The zero-order valence-corrected chi connectivity index (χ0v) is 19.2. The smallest absolute Gasteiger partial charge is 0.193 e. The van der Waals surface area contributed by atoms with Gasteiger partial charge in [-0.2, -0.15) is 0 Å². The Kier molecular flexibility index (Phi) is 8.18. The van der Waals surface area contributed by atoms with E-state index in [9.17, 15) is 0 Å². The van der Waals surface area contributed by atoms with E-state index in [1.165, 1.54) is 11.1 Å². The summed E-state index contributed by atoms with van der Waals surface area (Å²) in [7, 11) is 7.24. The maximum atomic E-state index is 5.66. The quantitative estimate of drug-likeness (QED) is 0.518. The van der Waals surface area contributed by atoms with Crippen LogP contribution in [0.5, 0.6) is 11.5 Å². The fourth-order valence-electron chi connectivity index (χ4n) is 4.19. The van der Waals surface area contributed by atoms with E-state index < -0.39 is 0 Å². The van der Waals surface area contributed by atoms with Crippen LogP contribution >= 0.6 is 0 Å². The number of rotatable bonds is 8. The Hall–Kier alpha value is -2.73. The average molecular weight is 426 g/mol. The Labute approximate surface area is 186 Å². The number of nitrogens with one attached hydrogen (secondary N) is 1. The lowest BCUT2D eigenvalue weighted by Gasteiger charge is -2.39. The van der Waals surface area contributed by atoms with Crippen molar-refractivity contribution in [1.82, 2.24) is 10.2 Å². The van der Waals surface area contributed by atoms with Gasteiger partial charge < -0.3 is 24.4 Å². The number of ether oxygens (including phenoxy) is 3. The summed E-state index contributed by atoms with van der Waals surface area (Å²) in [5.74, 6) is 2.41. The van der Waals surface area contributed by atoms with Crippen LogP contribution in [-0.4, -0.2) is 65.5 Å². The van der Waals surface area contributed by atoms with E-state index in [0.717, 1.165) is 63.0 Å². The van der Waals surface area contributed by atoms with Crippen LogP contribution in [0.3, 0.4) is 0 Å². The van der Waals surface area contributed by atoms with Gasteiger partial charge in [0.1, 0.15) is 0 Å². The van der Waals surface area contributed by atoms with Gasteiger partial charge in [-0.3, -0.25) is 4.99 Å². The van der Waals surface area contributed by atoms with Gasteiger partial charge in [-0.25, -0.2) is 0 Å². The Morgan fingerprint density at radius 3 is 2.42 bits per heavy atom. The lowest BCUT2D eigenvalue weighted by atomic mass is 9.74. The molecule has 31 heavy (non-hydrogen) atoms. The molecular formula is C25H35N3O3. The van der Waals surface area contributed by atoms with Gasteiger partial charge in [-0.15, -0.1) is 0 Å². The van der Waals surface area contributed by atoms with Crippen LogP contribution in [0.15, 0.2) is 53.5 Å². The van der Waals surface area contributed by atoms with Crippen molar-refractivity contribution in [3.05, 3.63) is 59.7 Å². The maximum absolute atomic E-state index is 5.66. The Bertz CT molecular complexity index is 848. The molecule has 1 N–H and O–H groups in total. The fourth-order valence-corrected chi connectivity index (χ4v) is 4.19. The van der Waals surface area contributed by atoms with Crippen molar-refractivity contribution in [1.29, 1.82) is 0 Å². The first-order valence-electron chi connectivity index (χ1n) is 10.9. The Balaban J connectivity index is 1.62. The molecule has 0 bridgehead atoms. The highest BCUT2D eigenvalue weighted by Crippen LogP contribution is 2.34. The molecule has 1 heterocycles. The third kappa shape index (κ3) is 5.70. The first kappa shape index (κ1) is 22.9. The molecule has 1 aliphatic rings. The minimum atomic E-state index is 0.0691. The standard InChI is InChI=1S/C25H35N3O3/c1-26-24(28(2)15-12-20-10-11-22(29-3)23(18-20)30-4)27-19-25(13-16-31-17-14-25)21-8-6-5-7-9-21/h5-11,18H,12-17,19H2,1-4H3,(H,26,27). The average Bonchev–Trinajstić information content (AvgIpc) is 2.84. The summed E-state index contributed by atoms with van der Waals surface area (Å²) in [4.78, 5) is 6.70. The second-order valence-electron chi connectivity index (χ2n) is 8.02. The van der Waals surface area contributed by atoms with Crippen LogP contribution in [-0.2, 0) is 16.6 Å². The van der Waals surface area contributed by atoms with Crippen LogP contribution in [0, 0.1) is 0 Å². The molecule has 3 rings (SSSR count). The lowest BCUT2D eigenvalue weighted by Crippen LogP contribution is -2.48. The topological polar surface area (TPSA) is 55.3 Å². The van der Waals surface area contributed by atoms with Crippen molar-refractivity contribution in [3.63, 3.8) is 0 Å². The predicted octanol–water partition coefficient (Wildman–Crippen LogP) is 3.50. The minimum absolute atomic E-state index is 0.0691. The van der Waals surface area contributed by atoms with Crippen molar-refractivity contribution in [2.45, 2.75) is 24.7 Å². The zero-order valence-electron chi connectivity index (χ0n) is 19.2. The van der Waals surface area contributed by atoms with E-state index in [-0.39, 0.29) is 5.41 Å². The van der Waals surface area contributed by atoms with Crippen molar-refractivity contribution in [2.24, 2.45) is 4.99 Å². The molecule has 0 radical (unpaired) electrons. The van der Waals surface area contributed by atoms with Crippen molar-refractivity contribution in [2.75, 3.05) is 54.6 Å². The normalized spacial score (nSPS) is 15.9. The highest BCUT2D eigenvalue weighted by molar-refractivity contribution is 5.79. The van der Waals surface area contributed by atoms with Crippen molar-refractivity contribution < 1.29 is 14.2 Å². The summed E-state index contributed by atoms with van der Waals surface area (Å²) < 4.78 is 16.4. The lowest BCUT2D eigenvalue weighted by molar-refractivity contribution is 0.0512. The third-order valence-electron chi connectivity index (χ3n) is 6.18. The van der Waals surface area contributed by atoms with Crippen molar-refractivity contribution >= 4 is 5.96 Å². The van der Waals surface area contributed by atoms with E-state index in [4.69, 9.17) is 14.2 Å². The molecule has 2 aromatic carbocycles. The van der Waals surface area contributed by atoms with E-state index >= 15 is 0 Å². The van der Waals surface area contributed by atoms with E-state index in [1.807, 2.05) is 19.2 Å². The summed E-state index contributed by atoms with van der Waals surface area (Å²) >= 11 is 0. The minimum Gasteiger partial charge on any atom is -0.493 e. The largest absolute Gasteiger partial charge is 0.493 e. The molecule has 0 unspecified atom stereocenters. The monoisotopic (exact) mass is 425 g/mol. The Morgan fingerprint density at radius 2 is 1.77 bits per heavy atom. The number of likely N-dealkylation sites (N-methyl/N-ethyl adjacent to an activating group) is 1. The fraction of sp³-hybridized carbons (Fsp3) is 0.480. The molecule has 168 valence electrons. The van der Waals surface area contributed by atoms with Gasteiger partial charge in [0.05, 0.1) is 14.2 Å². The highest BCUT2D eigenvalue weighted by atomic mass is 16.5. The van der Waals surface area contributed by atoms with Crippen LogP contribution in [0.2, 0.25) is 0 Å². The van der Waals surface area contributed by atoms with E-state index in [0.29, 0.717) is 0 Å². The second-order valence-corrected chi connectivity index (χ2v) is 8.02. The maximum Gasteiger partial charge on any atom is 0.193 e. The number of benzene rings is 2. The van der Waals surface area contributed by atoms with E-state index in [1.54, 1.807) is 14.2 Å². The van der Waals surface area contributed by atoms with Crippen LogP contribution in [0.4, 0.5) is 0 Å². The number of hydrogen-bond acceptors (Lipinski definition) is 4. The van der Waals surface area contributed by atoms with Gasteiger partial charge in [0.25, 0.3) is 0 Å². The summed E-state index contributed by atoms with van der Waals surface area (Å²) in [6.45, 7) is 3.28. The molecule has 0 aromatic heterocycles. The summed E-state index contributed by atoms with van der Waals surface area (Å²) in [6.07, 6.45) is 2.90. The summed E-state index contributed by atoms with van der Waals surface area (Å²) in [6, 6.07) is 16.9. The molecule has 0 saturated carbocycles. The molecule has 1 saturated heterocycles. The van der Waals surface area contributed by atoms with Crippen molar-refractivity contribution in [3.8, 4) is 11.5 Å². The molecule has 0 amide bonds. The number of guanidine groups is 1. The first-order chi connectivity index (χ1) is 15.1. The molecule has 6 heteroatoms. The third-order valence-corrected chi connectivity index (χ3v) is 6.18. The highest BCUT2D eigenvalue weighted by Gasteiger charge is 2.34.